The van der Waals surface area contributed by atoms with Gasteiger partial charge in [-0.05, 0) is 25.1 Å². The molecule has 1 rings (SSSR count). The van der Waals surface area contributed by atoms with Crippen molar-refractivity contribution in [3.05, 3.63) is 24.0 Å². The highest BCUT2D eigenvalue weighted by molar-refractivity contribution is 7.91. The van der Waals surface area contributed by atoms with Crippen LogP contribution in [0.25, 0.3) is 0 Å². The largest absolute Gasteiger partial charge is 0.398 e. The fourth-order valence-corrected chi connectivity index (χ4v) is 2.72. The summed E-state index contributed by atoms with van der Waals surface area (Å²) in [5.41, 5.74) is 5.24. The van der Waals surface area contributed by atoms with Gasteiger partial charge in [-0.3, -0.25) is 0 Å². The number of benzene rings is 1. The van der Waals surface area contributed by atoms with Crippen LogP contribution in [0, 0.1) is 5.82 Å². The Kier molecular flexibility index (Phi) is 3.31. The molecule has 0 bridgehead atoms. The van der Waals surface area contributed by atoms with E-state index in [0.717, 1.165) is 18.2 Å². The summed E-state index contributed by atoms with van der Waals surface area (Å²) in [7, 11) is -3.65. The van der Waals surface area contributed by atoms with E-state index in [2.05, 4.69) is 0 Å². The van der Waals surface area contributed by atoms with Crippen molar-refractivity contribution in [1.29, 1.82) is 0 Å². The van der Waals surface area contributed by atoms with Gasteiger partial charge in [-0.1, -0.05) is 0 Å². The number of hydrogen-bond donors (Lipinski definition) is 2. The van der Waals surface area contributed by atoms with Crippen molar-refractivity contribution in [3.8, 4) is 0 Å². The van der Waals surface area contributed by atoms with Gasteiger partial charge in [0.2, 0.25) is 0 Å². The molecule has 84 valence electrons. The van der Waals surface area contributed by atoms with Crippen LogP contribution in [0.2, 0.25) is 0 Å². The van der Waals surface area contributed by atoms with Gasteiger partial charge in [-0.2, -0.15) is 0 Å². The molecule has 4 nitrogen and oxygen atoms in total. The molecule has 0 saturated carbocycles. The molecule has 6 heteroatoms. The Balaban J connectivity index is 3.16. The lowest BCUT2D eigenvalue weighted by Gasteiger charge is -2.08. The van der Waals surface area contributed by atoms with Crippen LogP contribution in [-0.2, 0) is 9.84 Å². The molecule has 15 heavy (non-hydrogen) atoms. The first-order valence-electron chi connectivity index (χ1n) is 4.29. The number of hydrogen-bond acceptors (Lipinski definition) is 4. The molecule has 0 aromatic heterocycles. The molecule has 0 heterocycles. The molecule has 0 spiro atoms. The van der Waals surface area contributed by atoms with Gasteiger partial charge >= 0.3 is 0 Å². The molecule has 1 aromatic carbocycles. The van der Waals surface area contributed by atoms with E-state index >= 15 is 0 Å². The SMILES string of the molecule is CC(O)CS(=O)(=O)c1ccc(F)cc1N. The quantitative estimate of drug-likeness (QED) is 0.590. The van der Waals surface area contributed by atoms with E-state index in [0.29, 0.717) is 0 Å². The summed E-state index contributed by atoms with van der Waals surface area (Å²) in [5.74, 6) is -1.02. The van der Waals surface area contributed by atoms with E-state index in [1.807, 2.05) is 0 Å². The zero-order valence-electron chi connectivity index (χ0n) is 8.14. The van der Waals surface area contributed by atoms with E-state index in [1.165, 1.54) is 6.92 Å². The van der Waals surface area contributed by atoms with Crippen LogP contribution in [0.4, 0.5) is 10.1 Å². The van der Waals surface area contributed by atoms with Crippen molar-refractivity contribution in [2.24, 2.45) is 0 Å². The molecule has 1 unspecified atom stereocenters. The Morgan fingerprint density at radius 1 is 1.53 bits per heavy atom. The van der Waals surface area contributed by atoms with Gasteiger partial charge in [0.25, 0.3) is 0 Å². The molecule has 0 amide bonds. The van der Waals surface area contributed by atoms with Crippen LogP contribution in [-0.4, -0.2) is 25.4 Å². The number of sulfone groups is 1. The highest BCUT2D eigenvalue weighted by Crippen LogP contribution is 2.20. The zero-order valence-corrected chi connectivity index (χ0v) is 8.96. The van der Waals surface area contributed by atoms with E-state index in [1.54, 1.807) is 0 Å². The van der Waals surface area contributed by atoms with Crippen molar-refractivity contribution < 1.29 is 17.9 Å². The standard InChI is InChI=1S/C9H12FNO3S/c1-6(12)5-15(13,14)9-3-2-7(10)4-8(9)11/h2-4,6,12H,5,11H2,1H3. The zero-order chi connectivity index (χ0) is 11.6. The van der Waals surface area contributed by atoms with Crippen LogP contribution in [0.1, 0.15) is 6.92 Å². The molecule has 1 aromatic rings. The van der Waals surface area contributed by atoms with Crippen molar-refractivity contribution in [2.75, 3.05) is 11.5 Å². The van der Waals surface area contributed by atoms with Gasteiger partial charge in [0.1, 0.15) is 5.82 Å². The molecule has 0 aliphatic carbocycles. The Hall–Kier alpha value is -1.14. The lowest BCUT2D eigenvalue weighted by Crippen LogP contribution is -2.18. The normalized spacial score (nSPS) is 13.8. The Morgan fingerprint density at radius 2 is 2.13 bits per heavy atom. The van der Waals surface area contributed by atoms with Crippen LogP contribution in [0.15, 0.2) is 23.1 Å². The molecule has 0 aliphatic heterocycles. The summed E-state index contributed by atoms with van der Waals surface area (Å²) < 4.78 is 35.9. The van der Waals surface area contributed by atoms with E-state index < -0.39 is 27.5 Å². The lowest BCUT2D eigenvalue weighted by molar-refractivity contribution is 0.218. The topological polar surface area (TPSA) is 80.4 Å². The molecule has 1 atom stereocenters. The highest BCUT2D eigenvalue weighted by Gasteiger charge is 2.20. The highest BCUT2D eigenvalue weighted by atomic mass is 32.2. The molecular formula is C9H12FNO3S. The monoisotopic (exact) mass is 233 g/mol. The number of anilines is 1. The number of halogens is 1. The summed E-state index contributed by atoms with van der Waals surface area (Å²) in [6.07, 6.45) is -0.987. The average Bonchev–Trinajstić information content (AvgIpc) is 1.99. The fourth-order valence-electron chi connectivity index (χ4n) is 1.21. The van der Waals surface area contributed by atoms with E-state index in [4.69, 9.17) is 10.8 Å². The third-order valence-corrected chi connectivity index (χ3v) is 3.73. The smallest absolute Gasteiger partial charge is 0.182 e. The molecule has 0 radical (unpaired) electrons. The number of nitrogen functional groups attached to an aromatic ring is 1. The van der Waals surface area contributed by atoms with Gasteiger partial charge in [0, 0.05) is 0 Å². The van der Waals surface area contributed by atoms with Crippen molar-refractivity contribution in [1.82, 2.24) is 0 Å². The fraction of sp³-hybridized carbons (Fsp3) is 0.333. The summed E-state index contributed by atoms with van der Waals surface area (Å²) in [5, 5.41) is 9.00. The maximum Gasteiger partial charge on any atom is 0.182 e. The average molecular weight is 233 g/mol. The number of rotatable bonds is 3. The van der Waals surface area contributed by atoms with Crippen molar-refractivity contribution >= 4 is 15.5 Å². The van der Waals surface area contributed by atoms with Crippen molar-refractivity contribution in [2.45, 2.75) is 17.9 Å². The third kappa shape index (κ3) is 2.90. The van der Waals surface area contributed by atoms with Crippen molar-refractivity contribution in [3.63, 3.8) is 0 Å². The lowest BCUT2D eigenvalue weighted by atomic mass is 10.3. The Morgan fingerprint density at radius 3 is 2.60 bits per heavy atom. The number of nitrogens with two attached hydrogens (primary N) is 1. The first kappa shape index (κ1) is 11.9. The van der Waals surface area contributed by atoms with Crippen LogP contribution in [0.3, 0.4) is 0 Å². The minimum absolute atomic E-state index is 0.143. The number of aliphatic hydroxyl groups excluding tert-OH is 1. The first-order chi connectivity index (χ1) is 6.83. The summed E-state index contributed by atoms with van der Waals surface area (Å²) >= 11 is 0. The predicted octanol–water partition coefficient (Wildman–Crippen LogP) is 0.562. The molecule has 3 N–H and O–H groups in total. The Labute approximate surface area is 87.5 Å². The summed E-state index contributed by atoms with van der Waals surface area (Å²) in [4.78, 5) is -0.148. The minimum atomic E-state index is -3.65. The maximum atomic E-state index is 12.7. The van der Waals surface area contributed by atoms with Crippen LogP contribution < -0.4 is 5.73 Å². The van der Waals surface area contributed by atoms with Crippen LogP contribution >= 0.6 is 0 Å². The molecule has 0 fully saturated rings. The predicted molar refractivity (Wildman–Crippen MR) is 54.5 cm³/mol. The third-order valence-electron chi connectivity index (χ3n) is 1.77. The van der Waals surface area contributed by atoms with E-state index in [-0.39, 0.29) is 10.6 Å². The van der Waals surface area contributed by atoms with Gasteiger partial charge < -0.3 is 10.8 Å². The molecule has 0 aliphatic rings. The maximum absolute atomic E-state index is 12.7. The van der Waals surface area contributed by atoms with Gasteiger partial charge in [0.15, 0.2) is 9.84 Å². The Bertz CT molecular complexity index is 456. The second kappa shape index (κ2) is 4.16. The molecular weight excluding hydrogens is 221 g/mol. The number of aliphatic hydroxyl groups is 1. The van der Waals surface area contributed by atoms with Gasteiger partial charge in [-0.15, -0.1) is 0 Å². The van der Waals surface area contributed by atoms with Crippen LogP contribution in [0.5, 0.6) is 0 Å². The summed E-state index contributed by atoms with van der Waals surface area (Å²) in [6.45, 7) is 1.36. The molecule has 0 saturated heterocycles. The van der Waals surface area contributed by atoms with Gasteiger partial charge in [0.05, 0.1) is 22.4 Å². The second-order valence-corrected chi connectivity index (χ2v) is 5.32. The first-order valence-corrected chi connectivity index (χ1v) is 5.94. The second-order valence-electron chi connectivity index (χ2n) is 3.31. The van der Waals surface area contributed by atoms with Gasteiger partial charge in [-0.25, -0.2) is 12.8 Å². The van der Waals surface area contributed by atoms with E-state index in [9.17, 15) is 12.8 Å². The summed E-state index contributed by atoms with van der Waals surface area (Å²) in [6, 6.07) is 3.06. The minimum Gasteiger partial charge on any atom is -0.398 e.